The van der Waals surface area contributed by atoms with Crippen molar-refractivity contribution in [2.24, 2.45) is 0 Å². The van der Waals surface area contributed by atoms with Gasteiger partial charge in [-0.25, -0.2) is 27.5 Å². The highest BCUT2D eigenvalue weighted by molar-refractivity contribution is 7.92. The van der Waals surface area contributed by atoms with Crippen LogP contribution in [0.2, 0.25) is 5.02 Å². The summed E-state index contributed by atoms with van der Waals surface area (Å²) >= 11 is 6.15. The third kappa shape index (κ3) is 4.49. The van der Waals surface area contributed by atoms with Crippen LogP contribution in [-0.4, -0.2) is 25.0 Å². The summed E-state index contributed by atoms with van der Waals surface area (Å²) in [6, 6.07) is 7.30. The number of sulfonamides is 1. The molecular formula is C20H14ClF4N3O3S. The Morgan fingerprint density at radius 2 is 1.75 bits per heavy atom. The van der Waals surface area contributed by atoms with Crippen LogP contribution >= 0.6 is 11.6 Å². The number of nitrogens with zero attached hydrogens (tertiary/aromatic N) is 2. The molecule has 0 fully saturated rings. The van der Waals surface area contributed by atoms with E-state index in [1.54, 1.807) is 0 Å². The van der Waals surface area contributed by atoms with Crippen LogP contribution in [0.3, 0.4) is 0 Å². The summed E-state index contributed by atoms with van der Waals surface area (Å²) in [4.78, 5) is 6.97. The van der Waals surface area contributed by atoms with Crippen molar-refractivity contribution < 1.29 is 30.7 Å². The van der Waals surface area contributed by atoms with Gasteiger partial charge in [-0.05, 0) is 30.2 Å². The maximum Gasteiger partial charge on any atom is 0.416 e. The normalized spacial score (nSPS) is 16.2. The van der Waals surface area contributed by atoms with Crippen molar-refractivity contribution in [3.8, 4) is 5.75 Å². The second kappa shape index (κ2) is 8.21. The van der Waals surface area contributed by atoms with Gasteiger partial charge >= 0.3 is 6.18 Å². The van der Waals surface area contributed by atoms with Gasteiger partial charge in [0.25, 0.3) is 10.0 Å². The summed E-state index contributed by atoms with van der Waals surface area (Å²) in [7, 11) is -4.10. The third-order valence-corrected chi connectivity index (χ3v) is 6.54. The molecule has 1 aliphatic rings. The van der Waals surface area contributed by atoms with E-state index >= 15 is 0 Å². The molecular weight excluding hydrogens is 474 g/mol. The lowest BCUT2D eigenvalue weighted by atomic mass is 9.86. The third-order valence-electron chi connectivity index (χ3n) is 4.88. The molecule has 0 spiro atoms. The van der Waals surface area contributed by atoms with Gasteiger partial charge in [-0.15, -0.1) is 0 Å². The van der Waals surface area contributed by atoms with E-state index in [1.165, 1.54) is 24.3 Å². The Morgan fingerprint density at radius 3 is 2.41 bits per heavy atom. The van der Waals surface area contributed by atoms with Gasteiger partial charge < -0.3 is 4.74 Å². The fourth-order valence-electron chi connectivity index (χ4n) is 3.39. The first-order chi connectivity index (χ1) is 15.0. The Labute approximate surface area is 185 Å². The Bertz CT molecular complexity index is 1270. The predicted molar refractivity (Wildman–Crippen MR) is 108 cm³/mol. The summed E-state index contributed by atoms with van der Waals surface area (Å²) < 4.78 is 84.8. The summed E-state index contributed by atoms with van der Waals surface area (Å²) in [5.74, 6) is -1.14. The summed E-state index contributed by atoms with van der Waals surface area (Å²) in [6.45, 7) is 0.215. The minimum Gasteiger partial charge on any atom is -0.493 e. The number of ether oxygens (including phenoxy) is 1. The van der Waals surface area contributed by atoms with Crippen LogP contribution in [0, 0.1) is 5.82 Å². The van der Waals surface area contributed by atoms with Crippen molar-refractivity contribution in [3.05, 3.63) is 76.3 Å². The molecule has 3 aromatic rings. The largest absolute Gasteiger partial charge is 0.493 e. The van der Waals surface area contributed by atoms with Crippen LogP contribution in [0.5, 0.6) is 5.75 Å². The molecule has 32 heavy (non-hydrogen) atoms. The quantitative estimate of drug-likeness (QED) is 0.524. The number of anilines is 1. The zero-order valence-electron chi connectivity index (χ0n) is 16.0. The van der Waals surface area contributed by atoms with Gasteiger partial charge in [0.2, 0.25) is 5.95 Å². The molecule has 0 unspecified atom stereocenters. The van der Waals surface area contributed by atoms with Crippen LogP contribution in [0.4, 0.5) is 23.5 Å². The fourth-order valence-corrected chi connectivity index (χ4v) is 4.68. The topological polar surface area (TPSA) is 81.2 Å². The zero-order chi connectivity index (χ0) is 23.1. The van der Waals surface area contributed by atoms with Crippen LogP contribution < -0.4 is 9.46 Å². The van der Waals surface area contributed by atoms with Gasteiger partial charge in [0.1, 0.15) is 5.75 Å². The van der Waals surface area contributed by atoms with Crippen molar-refractivity contribution in [1.82, 2.24) is 9.97 Å². The van der Waals surface area contributed by atoms with Crippen LogP contribution in [-0.2, 0) is 16.2 Å². The number of aromatic nitrogens is 2. The highest BCUT2D eigenvalue weighted by Crippen LogP contribution is 2.43. The number of halogens is 5. The van der Waals surface area contributed by atoms with Crippen molar-refractivity contribution in [3.63, 3.8) is 0 Å². The summed E-state index contributed by atoms with van der Waals surface area (Å²) in [6.07, 6.45) is -2.43. The summed E-state index contributed by atoms with van der Waals surface area (Å²) in [5, 5.41) is -0.0375. The fraction of sp³-hybridized carbons (Fsp3) is 0.200. The number of nitrogens with one attached hydrogen (secondary N) is 1. The molecule has 4 rings (SSSR count). The highest BCUT2D eigenvalue weighted by Gasteiger charge is 2.33. The van der Waals surface area contributed by atoms with Gasteiger partial charge in [-0.1, -0.05) is 23.7 Å². The molecule has 0 amide bonds. The molecule has 0 radical (unpaired) electrons. The average Bonchev–Trinajstić information content (AvgIpc) is 2.74. The number of rotatable bonds is 4. The first kappa shape index (κ1) is 22.3. The molecule has 168 valence electrons. The number of hydrogen-bond donors (Lipinski definition) is 1. The van der Waals surface area contributed by atoms with E-state index in [9.17, 15) is 26.0 Å². The van der Waals surface area contributed by atoms with E-state index in [1.807, 2.05) is 0 Å². The molecule has 0 saturated carbocycles. The first-order valence-corrected chi connectivity index (χ1v) is 11.0. The molecule has 0 aliphatic carbocycles. The van der Waals surface area contributed by atoms with Crippen molar-refractivity contribution in [2.75, 3.05) is 11.3 Å². The molecule has 2 heterocycles. The van der Waals surface area contributed by atoms with Crippen molar-refractivity contribution >= 4 is 27.6 Å². The van der Waals surface area contributed by atoms with Gasteiger partial charge in [0.05, 0.1) is 29.5 Å². The standard InChI is InChI=1S/C20H14ClF4N3O3S/c21-17-7-11(20(23,24)25)1-3-15(17)14-5-6-31-18-8-13(2-4-16(14)18)32(29,30)28-19-26-9-12(22)10-27-19/h1-4,7-10,14H,5-6H2,(H,26,27,28)/t14-/m0/s1. The SMILES string of the molecule is O=S(=O)(Nc1ncc(F)cn1)c1ccc2c(c1)OCC[C@H]2c1ccc(C(F)(F)F)cc1Cl. The van der Waals surface area contributed by atoms with E-state index < -0.39 is 27.6 Å². The van der Waals surface area contributed by atoms with Gasteiger partial charge in [0, 0.05) is 22.6 Å². The number of hydrogen-bond acceptors (Lipinski definition) is 5. The number of benzene rings is 2. The average molecular weight is 488 g/mol. The van der Waals surface area contributed by atoms with Crippen molar-refractivity contribution in [1.29, 1.82) is 0 Å². The lowest BCUT2D eigenvalue weighted by Gasteiger charge is -2.27. The number of fused-ring (bicyclic) bond motifs is 1. The highest BCUT2D eigenvalue weighted by atomic mass is 35.5. The van der Waals surface area contributed by atoms with Gasteiger partial charge in [0.15, 0.2) is 5.82 Å². The van der Waals surface area contributed by atoms with Gasteiger partial charge in [-0.3, -0.25) is 0 Å². The second-order valence-electron chi connectivity index (χ2n) is 6.95. The van der Waals surface area contributed by atoms with Gasteiger partial charge in [-0.2, -0.15) is 13.2 Å². The number of alkyl halides is 3. The van der Waals surface area contributed by atoms with Crippen LogP contribution in [0.15, 0.2) is 53.7 Å². The predicted octanol–water partition coefficient (Wildman–Crippen LogP) is 5.00. The molecule has 2 aromatic carbocycles. The molecule has 1 aliphatic heterocycles. The Kier molecular flexibility index (Phi) is 5.72. The monoisotopic (exact) mass is 487 g/mol. The smallest absolute Gasteiger partial charge is 0.416 e. The van der Waals surface area contributed by atoms with Crippen LogP contribution in [0.1, 0.15) is 29.0 Å². The zero-order valence-corrected chi connectivity index (χ0v) is 17.6. The van der Waals surface area contributed by atoms with Crippen LogP contribution in [0.25, 0.3) is 0 Å². The van der Waals surface area contributed by atoms with E-state index in [4.69, 9.17) is 16.3 Å². The minimum atomic E-state index is -4.51. The van der Waals surface area contributed by atoms with E-state index in [0.29, 0.717) is 17.5 Å². The Hall–Kier alpha value is -2.92. The van der Waals surface area contributed by atoms with E-state index in [2.05, 4.69) is 14.7 Å². The Balaban J connectivity index is 1.65. The molecule has 0 saturated heterocycles. The Morgan fingerprint density at radius 1 is 1.06 bits per heavy atom. The maximum atomic E-state index is 12.9. The lowest BCUT2D eigenvalue weighted by molar-refractivity contribution is -0.137. The second-order valence-corrected chi connectivity index (χ2v) is 9.04. The maximum absolute atomic E-state index is 12.9. The molecule has 0 bridgehead atoms. The summed E-state index contributed by atoms with van der Waals surface area (Å²) in [5.41, 5.74) is 0.224. The van der Waals surface area contributed by atoms with E-state index in [-0.39, 0.29) is 34.1 Å². The molecule has 1 N–H and O–H groups in total. The van der Waals surface area contributed by atoms with E-state index in [0.717, 1.165) is 24.5 Å². The molecule has 6 nitrogen and oxygen atoms in total. The lowest BCUT2D eigenvalue weighted by Crippen LogP contribution is -2.18. The minimum absolute atomic E-state index is 0.0375. The first-order valence-electron chi connectivity index (χ1n) is 9.18. The molecule has 1 aromatic heterocycles. The molecule has 12 heteroatoms. The van der Waals surface area contributed by atoms with Crippen molar-refractivity contribution in [2.45, 2.75) is 23.4 Å². The molecule has 1 atom stereocenters.